The number of carbonyl (C=O) groups excluding carboxylic acids is 2. The predicted octanol–water partition coefficient (Wildman–Crippen LogP) is 3.48. The molecule has 0 aliphatic carbocycles. The summed E-state index contributed by atoms with van der Waals surface area (Å²) in [7, 11) is 0. The Labute approximate surface area is 116 Å². The molecule has 0 rings (SSSR count). The molecular formula is C15H28O4. The van der Waals surface area contributed by atoms with Gasteiger partial charge in [0.15, 0.2) is 0 Å². The topological polar surface area (TPSA) is 52.6 Å². The van der Waals surface area contributed by atoms with E-state index in [2.05, 4.69) is 6.92 Å². The van der Waals surface area contributed by atoms with Crippen LogP contribution in [0.15, 0.2) is 0 Å². The fourth-order valence-corrected chi connectivity index (χ4v) is 1.45. The zero-order chi connectivity index (χ0) is 14.5. The molecular weight excluding hydrogens is 244 g/mol. The van der Waals surface area contributed by atoms with E-state index in [9.17, 15) is 9.59 Å². The summed E-state index contributed by atoms with van der Waals surface area (Å²) in [5, 5.41) is 0. The summed E-state index contributed by atoms with van der Waals surface area (Å²) in [6.07, 6.45) is 5.27. The van der Waals surface area contributed by atoms with Gasteiger partial charge in [-0.05, 0) is 25.2 Å². The third-order valence-corrected chi connectivity index (χ3v) is 2.60. The molecule has 0 aromatic rings. The van der Waals surface area contributed by atoms with Crippen LogP contribution in [0.25, 0.3) is 0 Å². The van der Waals surface area contributed by atoms with Crippen LogP contribution in [0.5, 0.6) is 0 Å². The lowest BCUT2D eigenvalue weighted by molar-refractivity contribution is -0.144. The summed E-state index contributed by atoms with van der Waals surface area (Å²) in [6, 6.07) is 0. The van der Waals surface area contributed by atoms with Gasteiger partial charge in [-0.1, -0.05) is 33.6 Å². The Balaban J connectivity index is 3.34. The van der Waals surface area contributed by atoms with Crippen molar-refractivity contribution >= 4 is 11.9 Å². The van der Waals surface area contributed by atoms with Crippen LogP contribution in [-0.2, 0) is 19.1 Å². The van der Waals surface area contributed by atoms with Crippen molar-refractivity contribution in [1.82, 2.24) is 0 Å². The standard InChI is InChI=1S/C15H28O4/c1-4-5-11-18-14(16)9-7-6-8-10-15(17)19-12-13(2)3/h13H,4-12H2,1-3H3. The fourth-order valence-electron chi connectivity index (χ4n) is 1.45. The maximum absolute atomic E-state index is 11.3. The number of hydrogen-bond acceptors (Lipinski definition) is 4. The van der Waals surface area contributed by atoms with Crippen LogP contribution in [0.1, 0.15) is 65.7 Å². The van der Waals surface area contributed by atoms with Crippen molar-refractivity contribution in [2.75, 3.05) is 13.2 Å². The second-order valence-electron chi connectivity index (χ2n) is 5.21. The molecule has 0 aliphatic rings. The lowest BCUT2D eigenvalue weighted by Gasteiger charge is -2.07. The molecule has 0 unspecified atom stereocenters. The van der Waals surface area contributed by atoms with Crippen molar-refractivity contribution in [1.29, 1.82) is 0 Å². The van der Waals surface area contributed by atoms with Gasteiger partial charge in [-0.3, -0.25) is 9.59 Å². The van der Waals surface area contributed by atoms with Gasteiger partial charge in [0.05, 0.1) is 13.2 Å². The lowest BCUT2D eigenvalue weighted by Crippen LogP contribution is -2.09. The molecule has 0 saturated heterocycles. The third kappa shape index (κ3) is 13.2. The number of esters is 2. The monoisotopic (exact) mass is 272 g/mol. The summed E-state index contributed by atoms with van der Waals surface area (Å²) >= 11 is 0. The molecule has 19 heavy (non-hydrogen) atoms. The quantitative estimate of drug-likeness (QED) is 0.427. The van der Waals surface area contributed by atoms with E-state index in [0.29, 0.717) is 32.0 Å². The number of unbranched alkanes of at least 4 members (excludes halogenated alkanes) is 3. The van der Waals surface area contributed by atoms with Gasteiger partial charge in [0.1, 0.15) is 0 Å². The Kier molecular flexibility index (Phi) is 11.3. The van der Waals surface area contributed by atoms with Crippen LogP contribution in [-0.4, -0.2) is 25.2 Å². The molecule has 0 atom stereocenters. The van der Waals surface area contributed by atoms with Gasteiger partial charge in [-0.15, -0.1) is 0 Å². The fraction of sp³-hybridized carbons (Fsp3) is 0.867. The Morgan fingerprint density at radius 1 is 0.895 bits per heavy atom. The van der Waals surface area contributed by atoms with Gasteiger partial charge < -0.3 is 9.47 Å². The zero-order valence-corrected chi connectivity index (χ0v) is 12.6. The van der Waals surface area contributed by atoms with Crippen LogP contribution in [0.3, 0.4) is 0 Å². The highest BCUT2D eigenvalue weighted by molar-refractivity contribution is 5.69. The second-order valence-corrected chi connectivity index (χ2v) is 5.21. The largest absolute Gasteiger partial charge is 0.466 e. The van der Waals surface area contributed by atoms with Crippen molar-refractivity contribution in [3.05, 3.63) is 0 Å². The highest BCUT2D eigenvalue weighted by Gasteiger charge is 2.05. The van der Waals surface area contributed by atoms with Crippen LogP contribution in [0.4, 0.5) is 0 Å². The zero-order valence-electron chi connectivity index (χ0n) is 12.6. The Hall–Kier alpha value is -1.06. The minimum atomic E-state index is -0.140. The van der Waals surface area contributed by atoms with E-state index in [-0.39, 0.29) is 11.9 Å². The van der Waals surface area contributed by atoms with Crippen molar-refractivity contribution in [3.63, 3.8) is 0 Å². The molecule has 0 radical (unpaired) electrons. The average Bonchev–Trinajstić information content (AvgIpc) is 2.36. The summed E-state index contributed by atoms with van der Waals surface area (Å²) in [5.41, 5.74) is 0. The van der Waals surface area contributed by atoms with E-state index in [1.54, 1.807) is 0 Å². The summed E-state index contributed by atoms with van der Waals surface area (Å²) in [6.45, 7) is 7.10. The van der Waals surface area contributed by atoms with Crippen molar-refractivity contribution in [3.8, 4) is 0 Å². The number of ether oxygens (including phenoxy) is 2. The molecule has 0 fully saturated rings. The highest BCUT2D eigenvalue weighted by atomic mass is 16.5. The normalized spacial score (nSPS) is 10.5. The molecule has 0 spiro atoms. The minimum Gasteiger partial charge on any atom is -0.466 e. The van der Waals surface area contributed by atoms with Crippen molar-refractivity contribution < 1.29 is 19.1 Å². The molecule has 0 N–H and O–H groups in total. The van der Waals surface area contributed by atoms with E-state index in [4.69, 9.17) is 9.47 Å². The number of rotatable bonds is 11. The lowest BCUT2D eigenvalue weighted by atomic mass is 10.1. The second kappa shape index (κ2) is 12.0. The van der Waals surface area contributed by atoms with Gasteiger partial charge in [-0.25, -0.2) is 0 Å². The Morgan fingerprint density at radius 2 is 1.47 bits per heavy atom. The molecule has 0 aliphatic heterocycles. The highest BCUT2D eigenvalue weighted by Crippen LogP contribution is 2.06. The van der Waals surface area contributed by atoms with Gasteiger partial charge in [0, 0.05) is 12.8 Å². The smallest absolute Gasteiger partial charge is 0.305 e. The van der Waals surface area contributed by atoms with E-state index in [1.165, 1.54) is 0 Å². The van der Waals surface area contributed by atoms with Crippen LogP contribution >= 0.6 is 0 Å². The first kappa shape index (κ1) is 17.9. The van der Waals surface area contributed by atoms with E-state index >= 15 is 0 Å². The molecule has 0 saturated carbocycles. The van der Waals surface area contributed by atoms with Crippen molar-refractivity contribution in [2.24, 2.45) is 5.92 Å². The van der Waals surface area contributed by atoms with Gasteiger partial charge in [0.2, 0.25) is 0 Å². The van der Waals surface area contributed by atoms with Crippen LogP contribution in [0, 0.1) is 5.92 Å². The number of carbonyl (C=O) groups is 2. The number of hydrogen-bond donors (Lipinski definition) is 0. The first-order valence-corrected chi connectivity index (χ1v) is 7.37. The van der Waals surface area contributed by atoms with Gasteiger partial charge in [0.25, 0.3) is 0 Å². The predicted molar refractivity (Wildman–Crippen MR) is 74.7 cm³/mol. The maximum Gasteiger partial charge on any atom is 0.305 e. The van der Waals surface area contributed by atoms with Gasteiger partial charge >= 0.3 is 11.9 Å². The maximum atomic E-state index is 11.3. The molecule has 4 heteroatoms. The van der Waals surface area contributed by atoms with E-state index < -0.39 is 0 Å². The molecule has 0 aromatic heterocycles. The summed E-state index contributed by atoms with van der Waals surface area (Å²) in [5.74, 6) is 0.108. The van der Waals surface area contributed by atoms with Crippen LogP contribution < -0.4 is 0 Å². The Bertz CT molecular complexity index is 249. The molecule has 0 bridgehead atoms. The molecule has 4 nitrogen and oxygen atoms in total. The summed E-state index contributed by atoms with van der Waals surface area (Å²) in [4.78, 5) is 22.6. The first-order valence-electron chi connectivity index (χ1n) is 7.37. The SMILES string of the molecule is CCCCOC(=O)CCCCCC(=O)OCC(C)C. The summed E-state index contributed by atoms with van der Waals surface area (Å²) < 4.78 is 10.1. The van der Waals surface area contributed by atoms with Crippen molar-refractivity contribution in [2.45, 2.75) is 65.7 Å². The average molecular weight is 272 g/mol. The van der Waals surface area contributed by atoms with Crippen LogP contribution in [0.2, 0.25) is 0 Å². The molecule has 0 amide bonds. The minimum absolute atomic E-state index is 0.129. The Morgan fingerprint density at radius 3 is 2.00 bits per heavy atom. The van der Waals surface area contributed by atoms with E-state index in [1.807, 2.05) is 13.8 Å². The van der Waals surface area contributed by atoms with Gasteiger partial charge in [-0.2, -0.15) is 0 Å². The molecule has 0 aromatic carbocycles. The third-order valence-electron chi connectivity index (χ3n) is 2.60. The molecule has 0 heterocycles. The first-order chi connectivity index (χ1) is 9.06. The molecule has 112 valence electrons. The van der Waals surface area contributed by atoms with E-state index in [0.717, 1.165) is 32.1 Å².